The predicted molar refractivity (Wildman–Crippen MR) is 105 cm³/mol. The Kier molecular flexibility index (Phi) is 6.11. The molecule has 0 saturated carbocycles. The van der Waals surface area contributed by atoms with Crippen molar-refractivity contribution in [3.8, 4) is 0 Å². The van der Waals surface area contributed by atoms with Crippen LogP contribution in [0, 0.1) is 0 Å². The number of rotatable bonds is 7. The van der Waals surface area contributed by atoms with Gasteiger partial charge in [-0.3, -0.25) is 4.79 Å². The van der Waals surface area contributed by atoms with Crippen LogP contribution < -0.4 is 5.73 Å². The van der Waals surface area contributed by atoms with Gasteiger partial charge >= 0.3 is 5.97 Å². The van der Waals surface area contributed by atoms with E-state index in [1.54, 1.807) is 6.92 Å². The number of ether oxygens (including phenoxy) is 2. The van der Waals surface area contributed by atoms with Crippen LogP contribution in [0.15, 0.2) is 72.5 Å². The highest BCUT2D eigenvalue weighted by Crippen LogP contribution is 2.29. The maximum absolute atomic E-state index is 13.1. The Labute approximate surface area is 164 Å². The first-order valence-corrected chi connectivity index (χ1v) is 9.09. The zero-order chi connectivity index (χ0) is 20.1. The van der Waals surface area contributed by atoms with E-state index in [1.807, 2.05) is 60.7 Å². The molecule has 6 nitrogen and oxygen atoms in total. The number of likely N-dealkylation sites (tertiary alicyclic amines) is 1. The number of methoxy groups -OCH3 is 1. The zero-order valence-electron chi connectivity index (χ0n) is 15.9. The van der Waals surface area contributed by atoms with Gasteiger partial charge in [-0.15, -0.1) is 0 Å². The summed E-state index contributed by atoms with van der Waals surface area (Å²) in [7, 11) is 1.49. The second kappa shape index (κ2) is 8.71. The van der Waals surface area contributed by atoms with E-state index < -0.39 is 24.2 Å². The van der Waals surface area contributed by atoms with Crippen molar-refractivity contribution in [3.63, 3.8) is 0 Å². The molecule has 0 aliphatic carbocycles. The highest BCUT2D eigenvalue weighted by Gasteiger charge is 2.43. The van der Waals surface area contributed by atoms with Crippen molar-refractivity contribution < 1.29 is 19.1 Å². The molecule has 2 N–H and O–H groups in total. The lowest BCUT2D eigenvalue weighted by Crippen LogP contribution is -2.66. The molecule has 3 rings (SSSR count). The predicted octanol–water partition coefficient (Wildman–Crippen LogP) is 2.41. The third kappa shape index (κ3) is 4.07. The number of benzene rings is 2. The van der Waals surface area contributed by atoms with Crippen molar-refractivity contribution in [2.45, 2.75) is 25.1 Å². The lowest BCUT2D eigenvalue weighted by molar-refractivity contribution is -0.162. The van der Waals surface area contributed by atoms with Crippen LogP contribution in [-0.2, 0) is 19.1 Å². The average Bonchev–Trinajstić information content (AvgIpc) is 2.73. The summed E-state index contributed by atoms with van der Waals surface area (Å²) < 4.78 is 11.0. The van der Waals surface area contributed by atoms with Crippen molar-refractivity contribution in [3.05, 3.63) is 83.6 Å². The Hall–Kier alpha value is -3.12. The van der Waals surface area contributed by atoms with Crippen LogP contribution in [0.4, 0.5) is 0 Å². The molecule has 1 aliphatic rings. The lowest BCUT2D eigenvalue weighted by Gasteiger charge is -2.41. The number of hydrogen-bond donors (Lipinski definition) is 1. The van der Waals surface area contributed by atoms with E-state index in [9.17, 15) is 9.59 Å². The van der Waals surface area contributed by atoms with Gasteiger partial charge in [-0.1, -0.05) is 60.7 Å². The summed E-state index contributed by atoms with van der Waals surface area (Å²) in [6.07, 6.45) is 0.862. The molecular weight excluding hydrogens is 356 g/mol. The van der Waals surface area contributed by atoms with Gasteiger partial charge in [0.1, 0.15) is 6.04 Å². The number of amides is 1. The van der Waals surface area contributed by atoms with Crippen molar-refractivity contribution in [1.29, 1.82) is 0 Å². The Balaban J connectivity index is 1.91. The molecule has 1 saturated heterocycles. The summed E-state index contributed by atoms with van der Waals surface area (Å²) in [6.45, 7) is 2.03. The normalized spacial score (nSPS) is 17.9. The second-order valence-corrected chi connectivity index (χ2v) is 6.74. The number of esters is 1. The third-order valence-electron chi connectivity index (χ3n) is 4.70. The highest BCUT2D eigenvalue weighted by atomic mass is 16.5. The van der Waals surface area contributed by atoms with Crippen molar-refractivity contribution in [2.75, 3.05) is 13.7 Å². The van der Waals surface area contributed by atoms with Crippen LogP contribution in [0.25, 0.3) is 0 Å². The van der Waals surface area contributed by atoms with Crippen LogP contribution in [0.1, 0.15) is 24.2 Å². The Morgan fingerprint density at radius 2 is 1.64 bits per heavy atom. The molecule has 0 radical (unpaired) electrons. The quantitative estimate of drug-likeness (QED) is 0.453. The molecule has 6 heteroatoms. The van der Waals surface area contributed by atoms with Gasteiger partial charge in [-0.25, -0.2) is 4.79 Å². The van der Waals surface area contributed by atoms with Crippen LogP contribution in [0.5, 0.6) is 0 Å². The SMILES string of the molecule is COC=C(C)C(C(=O)OC(c1ccccc1)c1ccccc1)N1CC(N)C1=O. The molecule has 2 unspecified atom stereocenters. The fraction of sp³-hybridized carbons (Fsp3) is 0.273. The molecule has 0 spiro atoms. The molecule has 1 heterocycles. The van der Waals surface area contributed by atoms with Crippen LogP contribution in [0.2, 0.25) is 0 Å². The summed E-state index contributed by atoms with van der Waals surface area (Å²) in [4.78, 5) is 26.7. The molecule has 1 amide bonds. The molecule has 2 aromatic carbocycles. The summed E-state index contributed by atoms with van der Waals surface area (Å²) in [6, 6.07) is 17.6. The first kappa shape index (κ1) is 19.6. The van der Waals surface area contributed by atoms with Gasteiger partial charge in [-0.05, 0) is 23.6 Å². The second-order valence-electron chi connectivity index (χ2n) is 6.74. The van der Waals surface area contributed by atoms with Crippen molar-refractivity contribution >= 4 is 11.9 Å². The molecular formula is C22H24N2O4. The largest absolute Gasteiger partial charge is 0.504 e. The van der Waals surface area contributed by atoms with Crippen LogP contribution in [-0.4, -0.2) is 42.5 Å². The first-order chi connectivity index (χ1) is 13.5. The average molecular weight is 380 g/mol. The van der Waals surface area contributed by atoms with Gasteiger partial charge in [0, 0.05) is 6.54 Å². The smallest absolute Gasteiger partial charge is 0.334 e. The van der Waals surface area contributed by atoms with E-state index in [0.717, 1.165) is 11.1 Å². The van der Waals surface area contributed by atoms with E-state index in [0.29, 0.717) is 12.1 Å². The number of nitrogens with zero attached hydrogens (tertiary/aromatic N) is 1. The molecule has 0 aromatic heterocycles. The van der Waals surface area contributed by atoms with Crippen LogP contribution >= 0.6 is 0 Å². The summed E-state index contributed by atoms with van der Waals surface area (Å²) in [5.74, 6) is -0.800. The topological polar surface area (TPSA) is 81.9 Å². The van der Waals surface area contributed by atoms with Crippen LogP contribution in [0.3, 0.4) is 0 Å². The van der Waals surface area contributed by atoms with Gasteiger partial charge in [-0.2, -0.15) is 0 Å². The standard InChI is InChI=1S/C22H24N2O4/c1-15(14-27-2)19(24-13-18(23)21(24)25)22(26)28-20(16-9-5-3-6-10-16)17-11-7-4-8-12-17/h3-12,14,18-20H,13,23H2,1-2H3. The van der Waals surface area contributed by atoms with Gasteiger partial charge in [0.2, 0.25) is 5.91 Å². The Morgan fingerprint density at radius 1 is 1.11 bits per heavy atom. The van der Waals surface area contributed by atoms with Gasteiger partial charge in [0.25, 0.3) is 0 Å². The third-order valence-corrected chi connectivity index (χ3v) is 4.70. The van der Waals surface area contributed by atoms with Gasteiger partial charge < -0.3 is 20.1 Å². The Morgan fingerprint density at radius 3 is 2.07 bits per heavy atom. The molecule has 1 aliphatic heterocycles. The summed E-state index contributed by atoms with van der Waals surface area (Å²) in [5.41, 5.74) is 7.99. The van der Waals surface area contributed by atoms with Gasteiger partial charge in [0.05, 0.1) is 13.4 Å². The maximum Gasteiger partial charge on any atom is 0.334 e. The lowest BCUT2D eigenvalue weighted by atomic mass is 9.99. The highest BCUT2D eigenvalue weighted by molar-refractivity contribution is 5.93. The monoisotopic (exact) mass is 380 g/mol. The Bertz CT molecular complexity index is 812. The molecule has 28 heavy (non-hydrogen) atoms. The first-order valence-electron chi connectivity index (χ1n) is 9.09. The number of hydrogen-bond acceptors (Lipinski definition) is 5. The van der Waals surface area contributed by atoms with Gasteiger partial charge in [0.15, 0.2) is 12.1 Å². The number of nitrogens with two attached hydrogens (primary N) is 1. The summed E-state index contributed by atoms with van der Waals surface area (Å²) >= 11 is 0. The van der Waals surface area contributed by atoms with E-state index in [4.69, 9.17) is 15.2 Å². The summed E-state index contributed by atoms with van der Waals surface area (Å²) in [5, 5.41) is 0. The minimum atomic E-state index is -0.873. The molecule has 146 valence electrons. The van der Waals surface area contributed by atoms with Crippen molar-refractivity contribution in [1.82, 2.24) is 4.90 Å². The number of carbonyl (C=O) groups excluding carboxylic acids is 2. The molecule has 2 atom stereocenters. The maximum atomic E-state index is 13.1. The van der Waals surface area contributed by atoms with E-state index in [-0.39, 0.29) is 5.91 Å². The molecule has 1 fully saturated rings. The minimum Gasteiger partial charge on any atom is -0.504 e. The van der Waals surface area contributed by atoms with E-state index in [2.05, 4.69) is 0 Å². The fourth-order valence-corrected chi connectivity index (χ4v) is 3.29. The van der Waals surface area contributed by atoms with E-state index >= 15 is 0 Å². The number of β-lactam (4-membered cyclic amide) rings is 1. The molecule has 2 aromatic rings. The molecule has 0 bridgehead atoms. The van der Waals surface area contributed by atoms with Crippen molar-refractivity contribution in [2.24, 2.45) is 5.73 Å². The minimum absolute atomic E-state index is 0.276. The number of carbonyl (C=O) groups is 2. The van der Waals surface area contributed by atoms with E-state index in [1.165, 1.54) is 18.3 Å². The fourth-order valence-electron chi connectivity index (χ4n) is 3.29. The zero-order valence-corrected chi connectivity index (χ0v) is 15.9.